The number of carboxylic acids is 1. The van der Waals surface area contributed by atoms with E-state index >= 15 is 0 Å². The highest BCUT2D eigenvalue weighted by Crippen LogP contribution is 2.18. The lowest BCUT2D eigenvalue weighted by Gasteiger charge is -2.29. The number of quaternary nitrogens is 1. The van der Waals surface area contributed by atoms with Crippen molar-refractivity contribution in [3.63, 3.8) is 0 Å². The van der Waals surface area contributed by atoms with E-state index in [-0.39, 0.29) is 12.4 Å². The summed E-state index contributed by atoms with van der Waals surface area (Å²) in [6.07, 6.45) is 20.6. The van der Waals surface area contributed by atoms with Gasteiger partial charge in [-0.05, 0) is 12.3 Å². The number of unbranched alkanes of at least 4 members (excludes halogenated alkanes) is 13. The Labute approximate surface area is 205 Å². The molecule has 33 heavy (non-hydrogen) atoms. The molecule has 0 heterocycles. The van der Waals surface area contributed by atoms with Crippen molar-refractivity contribution >= 4 is 11.9 Å². The maximum absolute atomic E-state index is 12.2. The van der Waals surface area contributed by atoms with E-state index in [1.54, 1.807) is 0 Å². The summed E-state index contributed by atoms with van der Waals surface area (Å²) >= 11 is 0. The topological polar surface area (TPSA) is 66.4 Å². The van der Waals surface area contributed by atoms with Crippen LogP contribution in [0.5, 0.6) is 0 Å². The molecule has 2 unspecified atom stereocenters. The number of carbonyl (C=O) groups is 2. The molecule has 0 N–H and O–H groups in total. The first-order chi connectivity index (χ1) is 15.6. The Kier molecular flexibility index (Phi) is 19.6. The molecule has 2 atom stereocenters. The molecule has 0 spiro atoms. The third-order valence-corrected chi connectivity index (χ3v) is 6.34. The van der Waals surface area contributed by atoms with Crippen LogP contribution < -0.4 is 5.11 Å². The zero-order chi connectivity index (χ0) is 25.0. The number of carboxylic acid groups (broad SMARTS) is 1. The van der Waals surface area contributed by atoms with Gasteiger partial charge in [0.2, 0.25) is 0 Å². The van der Waals surface area contributed by atoms with E-state index in [9.17, 15) is 14.7 Å². The average Bonchev–Trinajstić information content (AvgIpc) is 2.70. The van der Waals surface area contributed by atoms with Crippen LogP contribution in [0, 0.1) is 5.92 Å². The molecule has 0 radical (unpaired) electrons. The Morgan fingerprint density at radius 3 is 1.64 bits per heavy atom. The third-order valence-electron chi connectivity index (χ3n) is 6.34. The van der Waals surface area contributed by atoms with E-state index in [0.717, 1.165) is 12.8 Å². The third kappa shape index (κ3) is 23.8. The van der Waals surface area contributed by atoms with Crippen molar-refractivity contribution in [2.45, 2.75) is 136 Å². The monoisotopic (exact) mass is 469 g/mol. The van der Waals surface area contributed by atoms with E-state index in [2.05, 4.69) is 13.8 Å². The van der Waals surface area contributed by atoms with Crippen LogP contribution in [0.15, 0.2) is 0 Å². The Morgan fingerprint density at radius 1 is 0.758 bits per heavy atom. The van der Waals surface area contributed by atoms with Crippen LogP contribution in [0.1, 0.15) is 129 Å². The Morgan fingerprint density at radius 2 is 1.21 bits per heavy atom. The van der Waals surface area contributed by atoms with Gasteiger partial charge in [-0.3, -0.25) is 4.79 Å². The summed E-state index contributed by atoms with van der Waals surface area (Å²) < 4.78 is 5.98. The van der Waals surface area contributed by atoms with Gasteiger partial charge < -0.3 is 19.1 Å². The maximum atomic E-state index is 12.2. The first-order valence-corrected chi connectivity index (χ1v) is 13.8. The van der Waals surface area contributed by atoms with Gasteiger partial charge in [-0.15, -0.1) is 0 Å². The van der Waals surface area contributed by atoms with Gasteiger partial charge in [-0.1, -0.05) is 110 Å². The molecule has 0 rings (SSSR count). The van der Waals surface area contributed by atoms with E-state index in [4.69, 9.17) is 4.74 Å². The van der Waals surface area contributed by atoms with Gasteiger partial charge in [0.25, 0.3) is 0 Å². The molecule has 196 valence electrons. The largest absolute Gasteiger partial charge is 0.550 e. The summed E-state index contributed by atoms with van der Waals surface area (Å²) in [5.74, 6) is -0.970. The molecule has 0 saturated heterocycles. The van der Waals surface area contributed by atoms with Gasteiger partial charge in [-0.2, -0.15) is 0 Å². The van der Waals surface area contributed by atoms with E-state index < -0.39 is 12.1 Å². The highest BCUT2D eigenvalue weighted by Gasteiger charge is 2.22. The smallest absolute Gasteiger partial charge is 0.306 e. The molecule has 0 aliphatic carbocycles. The number of nitrogens with zero attached hydrogens (tertiary/aromatic N) is 1. The number of esters is 1. The number of ether oxygens (including phenoxy) is 1. The predicted octanol–water partition coefficient (Wildman–Crippen LogP) is 6.03. The molecule has 5 nitrogen and oxygen atoms in total. The molecular formula is C28H55NO4. The molecule has 0 aromatic heterocycles. The fourth-order valence-corrected chi connectivity index (χ4v) is 4.38. The van der Waals surface area contributed by atoms with Gasteiger partial charge in [0, 0.05) is 18.8 Å². The predicted molar refractivity (Wildman–Crippen MR) is 136 cm³/mol. The summed E-state index contributed by atoms with van der Waals surface area (Å²) in [7, 11) is 5.86. The highest BCUT2D eigenvalue weighted by molar-refractivity contribution is 5.70. The summed E-state index contributed by atoms with van der Waals surface area (Å²) in [6, 6.07) is 0. The van der Waals surface area contributed by atoms with Crippen molar-refractivity contribution in [2.75, 3.05) is 27.7 Å². The Hall–Kier alpha value is -1.10. The van der Waals surface area contributed by atoms with Gasteiger partial charge in [0.1, 0.15) is 6.54 Å². The molecule has 0 aromatic rings. The molecular weight excluding hydrogens is 414 g/mol. The fourth-order valence-electron chi connectivity index (χ4n) is 4.38. The summed E-state index contributed by atoms with van der Waals surface area (Å²) in [5, 5.41) is 10.9. The lowest BCUT2D eigenvalue weighted by molar-refractivity contribution is -0.873. The van der Waals surface area contributed by atoms with Crippen LogP contribution in [0.25, 0.3) is 0 Å². The summed E-state index contributed by atoms with van der Waals surface area (Å²) in [6.45, 7) is 4.93. The van der Waals surface area contributed by atoms with Gasteiger partial charge in [0.15, 0.2) is 6.10 Å². The lowest BCUT2D eigenvalue weighted by Crippen LogP contribution is -2.45. The zero-order valence-electron chi connectivity index (χ0n) is 22.7. The van der Waals surface area contributed by atoms with Crippen molar-refractivity contribution in [3.05, 3.63) is 0 Å². The molecule has 0 bridgehead atoms. The molecule has 0 aromatic carbocycles. The van der Waals surface area contributed by atoms with E-state index in [1.165, 1.54) is 89.9 Å². The number of likely N-dealkylation sites (N-methyl/N-ethyl adjacent to an activating group) is 1. The second-order valence-corrected chi connectivity index (χ2v) is 11.2. The quantitative estimate of drug-likeness (QED) is 0.104. The minimum absolute atomic E-state index is 0.240. The molecule has 0 saturated carbocycles. The van der Waals surface area contributed by atoms with Crippen LogP contribution >= 0.6 is 0 Å². The average molecular weight is 470 g/mol. The highest BCUT2D eigenvalue weighted by atomic mass is 16.5. The normalized spacial score (nSPS) is 13.6. The molecule has 0 fully saturated rings. The number of hydrogen-bond donors (Lipinski definition) is 0. The first-order valence-electron chi connectivity index (χ1n) is 13.8. The second kappa shape index (κ2) is 20.3. The first kappa shape index (κ1) is 31.9. The number of rotatable bonds is 23. The van der Waals surface area contributed by atoms with Gasteiger partial charge in [0.05, 0.1) is 21.1 Å². The lowest BCUT2D eigenvalue weighted by atomic mass is 9.97. The zero-order valence-corrected chi connectivity index (χ0v) is 22.7. The maximum Gasteiger partial charge on any atom is 0.306 e. The van der Waals surface area contributed by atoms with Crippen LogP contribution in [0.2, 0.25) is 0 Å². The Bertz CT molecular complexity index is 487. The number of hydrogen-bond acceptors (Lipinski definition) is 4. The standard InChI is InChI=1S/C28H55NO4/c1-6-7-8-9-10-11-12-13-14-15-16-17-18-19-20-25(2)21-22-28(32)33-26(23-27(30)31)24-29(3,4)5/h25-26H,6-24H2,1-5H3. The second-order valence-electron chi connectivity index (χ2n) is 11.2. The molecule has 0 aliphatic rings. The van der Waals surface area contributed by atoms with Crippen LogP contribution in [0.4, 0.5) is 0 Å². The van der Waals surface area contributed by atoms with Crippen molar-refractivity contribution in [3.8, 4) is 0 Å². The van der Waals surface area contributed by atoms with Crippen LogP contribution in [0.3, 0.4) is 0 Å². The molecule has 0 aliphatic heterocycles. The number of carbonyl (C=O) groups excluding carboxylic acids is 2. The van der Waals surface area contributed by atoms with Crippen LogP contribution in [-0.4, -0.2) is 50.2 Å². The van der Waals surface area contributed by atoms with Crippen LogP contribution in [-0.2, 0) is 14.3 Å². The van der Waals surface area contributed by atoms with Gasteiger partial charge >= 0.3 is 5.97 Å². The van der Waals surface area contributed by atoms with E-state index in [0.29, 0.717) is 23.4 Å². The number of aliphatic carboxylic acids is 1. The van der Waals surface area contributed by atoms with Crippen molar-refractivity contribution < 1.29 is 23.9 Å². The van der Waals surface area contributed by atoms with Crippen molar-refractivity contribution in [1.29, 1.82) is 0 Å². The minimum Gasteiger partial charge on any atom is -0.550 e. The van der Waals surface area contributed by atoms with Crippen molar-refractivity contribution in [2.24, 2.45) is 5.92 Å². The Balaban J connectivity index is 3.66. The minimum atomic E-state index is -1.17. The summed E-state index contributed by atoms with van der Waals surface area (Å²) in [5.41, 5.74) is 0. The van der Waals surface area contributed by atoms with Crippen molar-refractivity contribution in [1.82, 2.24) is 0 Å². The van der Waals surface area contributed by atoms with Gasteiger partial charge in [-0.25, -0.2) is 0 Å². The summed E-state index contributed by atoms with van der Waals surface area (Å²) in [4.78, 5) is 23.1. The van der Waals surface area contributed by atoms with E-state index in [1.807, 2.05) is 21.1 Å². The SMILES string of the molecule is CCCCCCCCCCCCCCCCC(C)CCC(=O)OC(CC(=O)[O-])C[N+](C)(C)C. The fraction of sp³-hybridized carbons (Fsp3) is 0.929. The molecule has 5 heteroatoms. The molecule has 0 amide bonds.